The molecule has 0 fully saturated rings. The average molecular weight is 483 g/mol. The molecule has 2 N–H and O–H groups in total. The summed E-state index contributed by atoms with van der Waals surface area (Å²) in [6, 6.07) is 0. The quantitative estimate of drug-likeness (QED) is 0.280. The molecule has 0 aromatic carbocycles. The van der Waals surface area contributed by atoms with Gasteiger partial charge >= 0.3 is 11.9 Å². The molecule has 0 heterocycles. The maximum Gasteiger partial charge on any atom is 0.327 e. The van der Waals surface area contributed by atoms with Gasteiger partial charge in [-0.15, -0.1) is 6.58 Å². The molecule has 0 atom stereocenters. The van der Waals surface area contributed by atoms with E-state index in [9.17, 15) is 9.59 Å². The minimum absolute atomic E-state index is 0. The molecule has 0 bridgehead atoms. The molecule has 0 aromatic heterocycles. The third kappa shape index (κ3) is 99.4. The van der Waals surface area contributed by atoms with Crippen LogP contribution in [0.4, 0.5) is 0 Å². The third-order valence-corrected chi connectivity index (χ3v) is 2.87. The standard InChI is InChI=1S/2C6H10O2.2C6H12.C5H10.CH4/c2*1-5(2)3-4-6(7)8;2*1-4-5-6(2)3;1-4-5(2)3;/h2*3-5H,1-2H3,(H,7,8);2*4-6H,1-3H3;4-5H,1H2,2-3H3;1H4/b4-3+;4-3-;5-4+;5-4-;;. The van der Waals surface area contributed by atoms with Crippen molar-refractivity contribution in [1.29, 1.82) is 0 Å². The summed E-state index contributed by atoms with van der Waals surface area (Å²) in [6.45, 7) is 28.2. The van der Waals surface area contributed by atoms with Crippen molar-refractivity contribution in [3.05, 3.63) is 61.3 Å². The zero-order valence-corrected chi connectivity index (χ0v) is 23.5. The highest BCUT2D eigenvalue weighted by Crippen LogP contribution is 1.93. The lowest BCUT2D eigenvalue weighted by Crippen LogP contribution is -1.87. The van der Waals surface area contributed by atoms with Gasteiger partial charge < -0.3 is 10.2 Å². The average Bonchev–Trinajstić information content (AvgIpc) is 2.66. The molecule has 0 amide bonds. The molecule has 0 aliphatic heterocycles. The molecule has 34 heavy (non-hydrogen) atoms. The van der Waals surface area contributed by atoms with E-state index in [0.29, 0.717) is 17.8 Å². The van der Waals surface area contributed by atoms with Crippen molar-refractivity contribution >= 4 is 11.9 Å². The van der Waals surface area contributed by atoms with Crippen LogP contribution >= 0.6 is 0 Å². The number of rotatable bonds is 7. The fourth-order valence-corrected chi connectivity index (χ4v) is 1.32. The molecule has 0 radical (unpaired) electrons. The summed E-state index contributed by atoms with van der Waals surface area (Å²) >= 11 is 0. The summed E-state index contributed by atoms with van der Waals surface area (Å²) < 4.78 is 0. The van der Waals surface area contributed by atoms with Crippen LogP contribution in [0.2, 0.25) is 0 Å². The number of carbonyl (C=O) groups is 2. The van der Waals surface area contributed by atoms with E-state index in [1.807, 2.05) is 47.6 Å². The lowest BCUT2D eigenvalue weighted by atomic mass is 10.2. The maximum absolute atomic E-state index is 9.82. The number of hydrogen-bond donors (Lipinski definition) is 2. The minimum atomic E-state index is -0.876. The Hall–Kier alpha value is -2.36. The summed E-state index contributed by atoms with van der Waals surface area (Å²) in [5.74, 6) is 0.981. The highest BCUT2D eigenvalue weighted by molar-refractivity contribution is 5.80. The summed E-state index contributed by atoms with van der Waals surface area (Å²) in [5.41, 5.74) is 0. The topological polar surface area (TPSA) is 74.6 Å². The van der Waals surface area contributed by atoms with Gasteiger partial charge in [0.1, 0.15) is 0 Å². The Labute approximate surface area is 213 Å². The normalized spacial score (nSPS) is 10.4. The smallest absolute Gasteiger partial charge is 0.327 e. The van der Waals surface area contributed by atoms with Crippen LogP contribution in [0.3, 0.4) is 0 Å². The Morgan fingerprint density at radius 2 is 0.765 bits per heavy atom. The van der Waals surface area contributed by atoms with Crippen LogP contribution in [0, 0.1) is 29.6 Å². The lowest BCUT2D eigenvalue weighted by Gasteiger charge is -1.88. The number of allylic oxidation sites excluding steroid dienone is 7. The van der Waals surface area contributed by atoms with E-state index in [2.05, 4.69) is 72.4 Å². The van der Waals surface area contributed by atoms with E-state index < -0.39 is 11.9 Å². The second-order valence-electron chi connectivity index (χ2n) is 8.90. The van der Waals surface area contributed by atoms with Gasteiger partial charge in [0.2, 0.25) is 0 Å². The predicted molar refractivity (Wildman–Crippen MR) is 154 cm³/mol. The monoisotopic (exact) mass is 482 g/mol. The van der Waals surface area contributed by atoms with E-state index >= 15 is 0 Å². The first-order chi connectivity index (χ1) is 15.1. The van der Waals surface area contributed by atoms with Gasteiger partial charge in [0.25, 0.3) is 0 Å². The summed E-state index contributed by atoms with van der Waals surface area (Å²) in [6.07, 6.45) is 16.0. The Morgan fingerprint density at radius 3 is 0.794 bits per heavy atom. The van der Waals surface area contributed by atoms with Gasteiger partial charge in [0, 0.05) is 12.2 Å². The van der Waals surface area contributed by atoms with Crippen molar-refractivity contribution in [2.24, 2.45) is 29.6 Å². The van der Waals surface area contributed by atoms with Gasteiger partial charge in [0.05, 0.1) is 0 Å². The Balaban J connectivity index is -0.0000000723. The van der Waals surface area contributed by atoms with Gasteiger partial charge in [-0.05, 0) is 43.4 Å². The van der Waals surface area contributed by atoms with Gasteiger partial charge in [-0.1, -0.05) is 119 Å². The molecule has 0 aromatic rings. The molecular formula is C30H58O4. The van der Waals surface area contributed by atoms with E-state index in [0.717, 1.165) is 24.0 Å². The van der Waals surface area contributed by atoms with Crippen LogP contribution in [-0.4, -0.2) is 22.2 Å². The number of hydrogen-bond acceptors (Lipinski definition) is 2. The minimum Gasteiger partial charge on any atom is -0.478 e. The van der Waals surface area contributed by atoms with Crippen molar-refractivity contribution in [3.63, 3.8) is 0 Å². The highest BCUT2D eigenvalue weighted by Gasteiger charge is 1.87. The van der Waals surface area contributed by atoms with Gasteiger partial charge in [-0.25, -0.2) is 9.59 Å². The molecule has 4 nitrogen and oxygen atoms in total. The fraction of sp³-hybridized carbons (Fsp3) is 0.600. The summed E-state index contributed by atoms with van der Waals surface area (Å²) in [7, 11) is 0. The van der Waals surface area contributed by atoms with Crippen LogP contribution in [0.25, 0.3) is 0 Å². The van der Waals surface area contributed by atoms with E-state index in [-0.39, 0.29) is 7.43 Å². The molecule has 0 saturated carbocycles. The molecule has 0 spiro atoms. The van der Waals surface area contributed by atoms with Crippen molar-refractivity contribution in [2.45, 2.75) is 90.5 Å². The fourth-order valence-electron chi connectivity index (χ4n) is 1.32. The molecule has 0 rings (SSSR count). The molecule has 0 saturated heterocycles. The second-order valence-corrected chi connectivity index (χ2v) is 8.90. The van der Waals surface area contributed by atoms with Gasteiger partial charge in [-0.3, -0.25) is 0 Å². The summed E-state index contributed by atoms with van der Waals surface area (Å²) in [4.78, 5) is 19.6. The van der Waals surface area contributed by atoms with Crippen LogP contribution in [0.1, 0.15) is 90.5 Å². The Kier molecular flexibility index (Phi) is 46.8. The van der Waals surface area contributed by atoms with Crippen molar-refractivity contribution in [1.82, 2.24) is 0 Å². The Bertz CT molecular complexity index is 502. The van der Waals surface area contributed by atoms with E-state index in [1.165, 1.54) is 0 Å². The van der Waals surface area contributed by atoms with Crippen molar-refractivity contribution < 1.29 is 19.8 Å². The maximum atomic E-state index is 9.82. The lowest BCUT2D eigenvalue weighted by molar-refractivity contribution is -0.132. The SMILES string of the molecule is C.C/C=C/C(C)C.C/C=C\C(C)C.C=CC(C)C.CC(C)/C=C/C(=O)O.CC(C)/C=C\C(=O)O. The number of aliphatic carboxylic acids is 2. The van der Waals surface area contributed by atoms with Gasteiger partial charge in [0.15, 0.2) is 0 Å². The first kappa shape index (κ1) is 45.2. The molecule has 0 aliphatic carbocycles. The molecule has 202 valence electrons. The third-order valence-electron chi connectivity index (χ3n) is 2.87. The first-order valence-electron chi connectivity index (χ1n) is 11.8. The van der Waals surface area contributed by atoms with Crippen molar-refractivity contribution in [3.8, 4) is 0 Å². The number of carboxylic acids is 2. The zero-order valence-electron chi connectivity index (χ0n) is 23.5. The Morgan fingerprint density at radius 1 is 0.559 bits per heavy atom. The van der Waals surface area contributed by atoms with E-state index in [1.54, 1.807) is 12.2 Å². The highest BCUT2D eigenvalue weighted by atomic mass is 16.4. The molecule has 4 heteroatoms. The molecule has 0 unspecified atom stereocenters. The van der Waals surface area contributed by atoms with Crippen LogP contribution in [-0.2, 0) is 9.59 Å². The largest absolute Gasteiger partial charge is 0.478 e. The molecular weight excluding hydrogens is 424 g/mol. The van der Waals surface area contributed by atoms with Crippen molar-refractivity contribution in [2.75, 3.05) is 0 Å². The van der Waals surface area contributed by atoms with Crippen LogP contribution in [0.5, 0.6) is 0 Å². The first-order valence-corrected chi connectivity index (χ1v) is 11.8. The van der Waals surface area contributed by atoms with E-state index in [4.69, 9.17) is 10.2 Å². The predicted octanol–water partition coefficient (Wildman–Crippen LogP) is 9.47. The second kappa shape index (κ2) is 35.2. The summed E-state index contributed by atoms with van der Waals surface area (Å²) in [5, 5.41) is 16.2. The van der Waals surface area contributed by atoms with Gasteiger partial charge in [-0.2, -0.15) is 0 Å². The zero-order chi connectivity index (χ0) is 27.4. The van der Waals surface area contributed by atoms with Crippen LogP contribution in [0.15, 0.2) is 61.3 Å². The molecule has 0 aliphatic rings. The van der Waals surface area contributed by atoms with Crippen LogP contribution < -0.4 is 0 Å². The number of carboxylic acid groups (broad SMARTS) is 2.